The Morgan fingerprint density at radius 1 is 1.53 bits per heavy atom. The van der Waals surface area contributed by atoms with Crippen molar-refractivity contribution < 1.29 is 9.90 Å². The molecule has 1 aliphatic heterocycles. The number of nitrogens with one attached hydrogen (secondary N) is 3. The number of hydrogen-bond acceptors (Lipinski definition) is 4. The minimum absolute atomic E-state index is 0. The first-order valence-corrected chi connectivity index (χ1v) is 6.32. The Hall–Kier alpha value is -1.11. The normalized spacial score (nSPS) is 17.0. The molecule has 2 rings (SSSR count). The number of H-pyrrole nitrogens is 1. The first kappa shape index (κ1) is 15.9. The van der Waals surface area contributed by atoms with Gasteiger partial charge in [-0.15, -0.1) is 12.4 Å². The van der Waals surface area contributed by atoms with Crippen molar-refractivity contribution in [1.29, 1.82) is 0 Å². The van der Waals surface area contributed by atoms with Gasteiger partial charge in [0.05, 0.1) is 0 Å². The fraction of sp³-hybridized carbons (Fsp3) is 0.667. The van der Waals surface area contributed by atoms with E-state index in [2.05, 4.69) is 20.8 Å². The molecule has 2 heterocycles. The lowest BCUT2D eigenvalue weighted by atomic mass is 10.0. The number of aromatic amines is 1. The van der Waals surface area contributed by atoms with Crippen LogP contribution in [-0.2, 0) is 13.0 Å². The highest BCUT2D eigenvalue weighted by atomic mass is 35.5. The van der Waals surface area contributed by atoms with Crippen LogP contribution in [0.3, 0.4) is 0 Å². The Balaban J connectivity index is 0.00000180. The minimum atomic E-state index is -0.177. The highest BCUT2D eigenvalue weighted by Crippen LogP contribution is 2.15. The van der Waals surface area contributed by atoms with E-state index in [4.69, 9.17) is 5.11 Å². The number of aromatic nitrogens is 2. The highest BCUT2D eigenvalue weighted by molar-refractivity contribution is 5.94. The first-order chi connectivity index (χ1) is 8.63. The zero-order chi connectivity index (χ0) is 13.1. The standard InChI is InChI=1S/C12H20N4O2.ClH/c1-7(6-17)8(2)14-12(18)11-9-5-13-4-3-10(9)15-16-11;/h7-8,13,17H,3-6H2,1-2H3,(H,14,18)(H,15,16);1H. The van der Waals surface area contributed by atoms with E-state index in [1.54, 1.807) is 0 Å². The second kappa shape index (κ2) is 6.88. The van der Waals surface area contributed by atoms with Gasteiger partial charge in [0.15, 0.2) is 5.69 Å². The van der Waals surface area contributed by atoms with Gasteiger partial charge in [0.1, 0.15) is 0 Å². The van der Waals surface area contributed by atoms with Crippen LogP contribution < -0.4 is 10.6 Å². The maximum Gasteiger partial charge on any atom is 0.272 e. The molecule has 0 spiro atoms. The summed E-state index contributed by atoms with van der Waals surface area (Å²) in [5.41, 5.74) is 2.47. The van der Waals surface area contributed by atoms with Crippen LogP contribution in [0.4, 0.5) is 0 Å². The molecule has 1 amide bonds. The third kappa shape index (κ3) is 3.46. The summed E-state index contributed by atoms with van der Waals surface area (Å²) >= 11 is 0. The zero-order valence-electron chi connectivity index (χ0n) is 11.2. The molecule has 0 aliphatic carbocycles. The van der Waals surface area contributed by atoms with Crippen LogP contribution in [0, 0.1) is 5.92 Å². The van der Waals surface area contributed by atoms with E-state index in [-0.39, 0.29) is 36.9 Å². The average Bonchev–Trinajstić information content (AvgIpc) is 2.81. The van der Waals surface area contributed by atoms with Crippen LogP contribution >= 0.6 is 12.4 Å². The number of rotatable bonds is 4. The van der Waals surface area contributed by atoms with Crippen molar-refractivity contribution >= 4 is 18.3 Å². The molecule has 0 radical (unpaired) electrons. The molecule has 2 atom stereocenters. The van der Waals surface area contributed by atoms with Crippen molar-refractivity contribution in [2.24, 2.45) is 5.92 Å². The highest BCUT2D eigenvalue weighted by Gasteiger charge is 2.23. The van der Waals surface area contributed by atoms with Crippen LogP contribution in [0.2, 0.25) is 0 Å². The molecule has 7 heteroatoms. The van der Waals surface area contributed by atoms with Crippen LogP contribution in [0.1, 0.15) is 35.6 Å². The maximum atomic E-state index is 12.1. The molecular weight excluding hydrogens is 268 g/mol. The van der Waals surface area contributed by atoms with E-state index in [0.717, 1.165) is 24.2 Å². The van der Waals surface area contributed by atoms with Gasteiger partial charge in [0.25, 0.3) is 5.91 Å². The summed E-state index contributed by atoms with van der Waals surface area (Å²) in [7, 11) is 0. The van der Waals surface area contributed by atoms with E-state index in [0.29, 0.717) is 12.2 Å². The number of aliphatic hydroxyl groups is 1. The molecule has 0 bridgehead atoms. The fourth-order valence-electron chi connectivity index (χ4n) is 1.99. The topological polar surface area (TPSA) is 90.0 Å². The second-order valence-electron chi connectivity index (χ2n) is 4.88. The zero-order valence-corrected chi connectivity index (χ0v) is 12.0. The fourth-order valence-corrected chi connectivity index (χ4v) is 1.99. The Kier molecular flexibility index (Phi) is 5.78. The van der Waals surface area contributed by atoms with Crippen molar-refractivity contribution in [1.82, 2.24) is 20.8 Å². The van der Waals surface area contributed by atoms with Gasteiger partial charge < -0.3 is 15.7 Å². The Labute approximate surface area is 118 Å². The lowest BCUT2D eigenvalue weighted by Gasteiger charge is -2.19. The monoisotopic (exact) mass is 288 g/mol. The largest absolute Gasteiger partial charge is 0.396 e. The third-order valence-electron chi connectivity index (χ3n) is 3.52. The van der Waals surface area contributed by atoms with E-state index < -0.39 is 0 Å². The third-order valence-corrected chi connectivity index (χ3v) is 3.52. The molecule has 0 saturated heterocycles. The lowest BCUT2D eigenvalue weighted by Crippen LogP contribution is -2.39. The van der Waals surface area contributed by atoms with Gasteiger partial charge in [-0.25, -0.2) is 0 Å². The van der Waals surface area contributed by atoms with Gasteiger partial charge in [0.2, 0.25) is 0 Å². The van der Waals surface area contributed by atoms with Gasteiger partial charge >= 0.3 is 0 Å². The van der Waals surface area contributed by atoms with Gasteiger partial charge in [-0.05, 0) is 12.8 Å². The smallest absolute Gasteiger partial charge is 0.272 e. The van der Waals surface area contributed by atoms with Gasteiger partial charge in [-0.3, -0.25) is 9.89 Å². The lowest BCUT2D eigenvalue weighted by molar-refractivity contribution is 0.0910. The summed E-state index contributed by atoms with van der Waals surface area (Å²) in [5.74, 6) is -0.147. The van der Waals surface area contributed by atoms with E-state index in [1.165, 1.54) is 0 Å². The maximum absolute atomic E-state index is 12.1. The van der Waals surface area contributed by atoms with Crippen molar-refractivity contribution in [2.75, 3.05) is 13.2 Å². The molecule has 19 heavy (non-hydrogen) atoms. The molecule has 1 aromatic rings. The number of amides is 1. The SMILES string of the molecule is CC(CO)C(C)NC(=O)c1n[nH]c2c1CNCC2.Cl. The van der Waals surface area contributed by atoms with Crippen LogP contribution in [0.5, 0.6) is 0 Å². The molecule has 6 nitrogen and oxygen atoms in total. The number of carbonyl (C=O) groups excluding carboxylic acids is 1. The molecule has 2 unspecified atom stereocenters. The molecule has 1 aromatic heterocycles. The van der Waals surface area contributed by atoms with Crippen LogP contribution in [-0.4, -0.2) is 40.4 Å². The van der Waals surface area contributed by atoms with Crippen molar-refractivity contribution in [2.45, 2.75) is 32.9 Å². The summed E-state index contributed by atoms with van der Waals surface area (Å²) in [5, 5.41) is 22.2. The number of fused-ring (bicyclic) bond motifs is 1. The molecule has 0 aromatic carbocycles. The van der Waals surface area contributed by atoms with Crippen LogP contribution in [0.25, 0.3) is 0 Å². The number of halogens is 1. The quantitative estimate of drug-likeness (QED) is 0.638. The number of nitrogens with zero attached hydrogens (tertiary/aromatic N) is 1. The Morgan fingerprint density at radius 2 is 2.26 bits per heavy atom. The van der Waals surface area contributed by atoms with E-state index in [9.17, 15) is 4.79 Å². The molecule has 108 valence electrons. The summed E-state index contributed by atoms with van der Waals surface area (Å²) < 4.78 is 0. The summed E-state index contributed by atoms with van der Waals surface area (Å²) in [6.45, 7) is 5.43. The molecular formula is C12H21ClN4O2. The Bertz CT molecular complexity index is 435. The number of aliphatic hydroxyl groups excluding tert-OH is 1. The van der Waals surface area contributed by atoms with Crippen molar-refractivity contribution in [3.8, 4) is 0 Å². The van der Waals surface area contributed by atoms with Gasteiger partial charge in [-0.1, -0.05) is 6.92 Å². The molecule has 1 aliphatic rings. The summed E-state index contributed by atoms with van der Waals surface area (Å²) in [4.78, 5) is 12.1. The first-order valence-electron chi connectivity index (χ1n) is 6.32. The average molecular weight is 289 g/mol. The van der Waals surface area contributed by atoms with Gasteiger partial charge in [-0.2, -0.15) is 5.10 Å². The predicted molar refractivity (Wildman–Crippen MR) is 74.4 cm³/mol. The predicted octanol–water partition coefficient (Wildman–Crippen LogP) is 0.224. The van der Waals surface area contributed by atoms with E-state index >= 15 is 0 Å². The molecule has 0 fully saturated rings. The van der Waals surface area contributed by atoms with Crippen molar-refractivity contribution in [3.63, 3.8) is 0 Å². The van der Waals surface area contributed by atoms with Crippen molar-refractivity contribution in [3.05, 3.63) is 17.0 Å². The summed E-state index contributed by atoms with van der Waals surface area (Å²) in [6.07, 6.45) is 0.873. The number of hydrogen-bond donors (Lipinski definition) is 4. The minimum Gasteiger partial charge on any atom is -0.396 e. The molecule has 4 N–H and O–H groups in total. The number of carbonyl (C=O) groups is 1. The van der Waals surface area contributed by atoms with Crippen LogP contribution in [0.15, 0.2) is 0 Å². The van der Waals surface area contributed by atoms with E-state index in [1.807, 2.05) is 13.8 Å². The summed E-state index contributed by atoms with van der Waals surface area (Å²) in [6, 6.07) is -0.0774. The second-order valence-corrected chi connectivity index (χ2v) is 4.88. The van der Waals surface area contributed by atoms with Gasteiger partial charge in [0, 0.05) is 43.4 Å². The Morgan fingerprint density at radius 3 is 2.95 bits per heavy atom. The molecule has 0 saturated carbocycles.